The second-order valence-corrected chi connectivity index (χ2v) is 5.97. The van der Waals surface area contributed by atoms with Crippen LogP contribution >= 0.6 is 0 Å². The van der Waals surface area contributed by atoms with Crippen molar-refractivity contribution in [1.82, 2.24) is 4.90 Å². The van der Waals surface area contributed by atoms with E-state index in [1.165, 1.54) is 0 Å². The van der Waals surface area contributed by atoms with Crippen molar-refractivity contribution in [3.05, 3.63) is 53.1 Å². The van der Waals surface area contributed by atoms with Gasteiger partial charge in [0.2, 0.25) is 0 Å². The number of ether oxygens (including phenoxy) is 1. The lowest BCUT2D eigenvalue weighted by Crippen LogP contribution is -2.40. The molecule has 120 valence electrons. The van der Waals surface area contributed by atoms with Crippen molar-refractivity contribution in [3.63, 3.8) is 0 Å². The molecule has 0 aliphatic carbocycles. The van der Waals surface area contributed by atoms with E-state index < -0.39 is 0 Å². The number of aryl methyl sites for hydroxylation is 1. The van der Waals surface area contributed by atoms with Crippen LogP contribution < -0.4 is 5.73 Å². The van der Waals surface area contributed by atoms with Crippen molar-refractivity contribution in [2.45, 2.75) is 13.8 Å². The van der Waals surface area contributed by atoms with E-state index in [4.69, 9.17) is 10.5 Å². The van der Waals surface area contributed by atoms with Crippen molar-refractivity contribution >= 4 is 11.6 Å². The van der Waals surface area contributed by atoms with Gasteiger partial charge in [-0.25, -0.2) is 0 Å². The molecule has 1 amide bonds. The number of hydrogen-bond acceptors (Lipinski definition) is 3. The zero-order chi connectivity index (χ0) is 16.4. The number of nitrogens with two attached hydrogens (primary N) is 1. The first-order valence-electron chi connectivity index (χ1n) is 7.91. The summed E-state index contributed by atoms with van der Waals surface area (Å²) < 4.78 is 5.34. The van der Waals surface area contributed by atoms with E-state index in [2.05, 4.69) is 6.07 Å². The van der Waals surface area contributed by atoms with Gasteiger partial charge in [-0.05, 0) is 42.7 Å². The molecular formula is C19H22N2O2. The van der Waals surface area contributed by atoms with E-state index in [0.717, 1.165) is 33.5 Å². The SMILES string of the molecule is Cc1ccc(C(=O)N2CCOCC2)c(-c2cccc(N)c2C)c1. The third-order valence-corrected chi connectivity index (χ3v) is 4.37. The Morgan fingerprint density at radius 2 is 1.83 bits per heavy atom. The molecule has 3 rings (SSSR count). The molecule has 0 atom stereocenters. The molecule has 0 unspecified atom stereocenters. The van der Waals surface area contributed by atoms with Gasteiger partial charge in [0.05, 0.1) is 13.2 Å². The van der Waals surface area contributed by atoms with Crippen LogP contribution in [0.25, 0.3) is 11.1 Å². The lowest BCUT2D eigenvalue weighted by atomic mass is 9.93. The molecule has 4 heteroatoms. The summed E-state index contributed by atoms with van der Waals surface area (Å²) in [6, 6.07) is 11.8. The molecule has 0 bridgehead atoms. The topological polar surface area (TPSA) is 55.6 Å². The molecule has 0 aromatic heterocycles. The monoisotopic (exact) mass is 310 g/mol. The Hall–Kier alpha value is -2.33. The van der Waals surface area contributed by atoms with Gasteiger partial charge in [-0.2, -0.15) is 0 Å². The highest BCUT2D eigenvalue weighted by molar-refractivity contribution is 6.01. The number of morpholine rings is 1. The first-order valence-corrected chi connectivity index (χ1v) is 7.91. The number of anilines is 1. The number of benzene rings is 2. The number of nitrogens with zero attached hydrogens (tertiary/aromatic N) is 1. The van der Waals surface area contributed by atoms with Crippen molar-refractivity contribution < 1.29 is 9.53 Å². The van der Waals surface area contributed by atoms with Crippen LogP contribution in [0.1, 0.15) is 21.5 Å². The fourth-order valence-electron chi connectivity index (χ4n) is 2.95. The van der Waals surface area contributed by atoms with Crippen molar-refractivity contribution in [2.75, 3.05) is 32.0 Å². The Morgan fingerprint density at radius 1 is 1.09 bits per heavy atom. The van der Waals surface area contributed by atoms with Crippen LogP contribution in [-0.4, -0.2) is 37.1 Å². The fourth-order valence-corrected chi connectivity index (χ4v) is 2.95. The van der Waals surface area contributed by atoms with E-state index in [1.807, 2.05) is 49.1 Å². The Labute approximate surface area is 136 Å². The van der Waals surface area contributed by atoms with Crippen LogP contribution in [0.2, 0.25) is 0 Å². The molecule has 1 aliphatic heterocycles. The van der Waals surface area contributed by atoms with Gasteiger partial charge in [0, 0.05) is 24.3 Å². The van der Waals surface area contributed by atoms with Gasteiger partial charge in [-0.3, -0.25) is 4.79 Å². The lowest BCUT2D eigenvalue weighted by Gasteiger charge is -2.28. The number of hydrogen-bond donors (Lipinski definition) is 1. The van der Waals surface area contributed by atoms with E-state index in [9.17, 15) is 4.79 Å². The molecule has 2 aromatic carbocycles. The van der Waals surface area contributed by atoms with Crippen molar-refractivity contribution in [2.24, 2.45) is 0 Å². The van der Waals surface area contributed by atoms with Crippen LogP contribution in [0.3, 0.4) is 0 Å². The maximum Gasteiger partial charge on any atom is 0.254 e. The minimum absolute atomic E-state index is 0.0603. The molecule has 1 fully saturated rings. The minimum Gasteiger partial charge on any atom is -0.398 e. The number of nitrogen functional groups attached to an aromatic ring is 1. The van der Waals surface area contributed by atoms with Gasteiger partial charge in [-0.1, -0.05) is 29.8 Å². The lowest BCUT2D eigenvalue weighted by molar-refractivity contribution is 0.0303. The largest absolute Gasteiger partial charge is 0.398 e. The Balaban J connectivity index is 2.08. The number of amides is 1. The summed E-state index contributed by atoms with van der Waals surface area (Å²) >= 11 is 0. The van der Waals surface area contributed by atoms with Crippen LogP contribution in [0.5, 0.6) is 0 Å². The number of carbonyl (C=O) groups is 1. The van der Waals surface area contributed by atoms with Crippen LogP contribution in [-0.2, 0) is 4.74 Å². The normalized spacial score (nSPS) is 14.8. The molecule has 1 heterocycles. The van der Waals surface area contributed by atoms with Gasteiger partial charge in [-0.15, -0.1) is 0 Å². The molecule has 0 spiro atoms. The molecule has 0 radical (unpaired) electrons. The summed E-state index contributed by atoms with van der Waals surface area (Å²) in [6.45, 7) is 6.52. The van der Waals surface area contributed by atoms with E-state index in [-0.39, 0.29) is 5.91 Å². The number of rotatable bonds is 2. The highest BCUT2D eigenvalue weighted by atomic mass is 16.5. The van der Waals surface area contributed by atoms with Crippen LogP contribution in [0.4, 0.5) is 5.69 Å². The van der Waals surface area contributed by atoms with Gasteiger partial charge in [0.25, 0.3) is 5.91 Å². The Bertz CT molecular complexity index is 734. The molecule has 4 nitrogen and oxygen atoms in total. The average molecular weight is 310 g/mol. The third-order valence-electron chi connectivity index (χ3n) is 4.37. The predicted octanol–water partition coefficient (Wildman–Crippen LogP) is 3.03. The first kappa shape index (κ1) is 15.6. The van der Waals surface area contributed by atoms with Gasteiger partial charge in [0.1, 0.15) is 0 Å². The molecule has 23 heavy (non-hydrogen) atoms. The summed E-state index contributed by atoms with van der Waals surface area (Å²) in [5.41, 5.74) is 11.6. The average Bonchev–Trinajstić information content (AvgIpc) is 2.57. The molecule has 2 aromatic rings. The maximum atomic E-state index is 12.9. The molecule has 1 aliphatic rings. The smallest absolute Gasteiger partial charge is 0.254 e. The van der Waals surface area contributed by atoms with Gasteiger partial charge < -0.3 is 15.4 Å². The second-order valence-electron chi connectivity index (χ2n) is 5.97. The molecule has 1 saturated heterocycles. The Morgan fingerprint density at radius 3 is 2.57 bits per heavy atom. The second kappa shape index (κ2) is 6.42. The highest BCUT2D eigenvalue weighted by Crippen LogP contribution is 2.31. The third kappa shape index (κ3) is 3.08. The Kier molecular flexibility index (Phi) is 4.35. The summed E-state index contributed by atoms with van der Waals surface area (Å²) in [4.78, 5) is 14.8. The quantitative estimate of drug-likeness (QED) is 0.868. The summed E-state index contributed by atoms with van der Waals surface area (Å²) in [7, 11) is 0. The minimum atomic E-state index is 0.0603. The van der Waals surface area contributed by atoms with E-state index in [0.29, 0.717) is 26.3 Å². The highest BCUT2D eigenvalue weighted by Gasteiger charge is 2.22. The molecule has 2 N–H and O–H groups in total. The zero-order valence-corrected chi connectivity index (χ0v) is 13.6. The first-order chi connectivity index (χ1) is 11.1. The van der Waals surface area contributed by atoms with E-state index in [1.54, 1.807) is 0 Å². The summed E-state index contributed by atoms with van der Waals surface area (Å²) in [6.07, 6.45) is 0. The van der Waals surface area contributed by atoms with Crippen LogP contribution in [0, 0.1) is 13.8 Å². The maximum absolute atomic E-state index is 12.9. The summed E-state index contributed by atoms with van der Waals surface area (Å²) in [5, 5.41) is 0. The van der Waals surface area contributed by atoms with Crippen LogP contribution in [0.15, 0.2) is 36.4 Å². The zero-order valence-electron chi connectivity index (χ0n) is 13.6. The van der Waals surface area contributed by atoms with Crippen molar-refractivity contribution in [1.29, 1.82) is 0 Å². The molecular weight excluding hydrogens is 288 g/mol. The van der Waals surface area contributed by atoms with E-state index >= 15 is 0 Å². The standard InChI is InChI=1S/C19H22N2O2/c1-13-6-7-16(19(22)21-8-10-23-11-9-21)17(12-13)15-4-3-5-18(20)14(15)2/h3-7,12H,8-11,20H2,1-2H3. The fraction of sp³-hybridized carbons (Fsp3) is 0.316. The predicted molar refractivity (Wildman–Crippen MR) is 92.5 cm³/mol. The molecule has 0 saturated carbocycles. The van der Waals surface area contributed by atoms with Crippen molar-refractivity contribution in [3.8, 4) is 11.1 Å². The summed E-state index contributed by atoms with van der Waals surface area (Å²) in [5.74, 6) is 0.0603. The van der Waals surface area contributed by atoms with Gasteiger partial charge in [0.15, 0.2) is 0 Å². The number of carbonyl (C=O) groups excluding carboxylic acids is 1. The van der Waals surface area contributed by atoms with Gasteiger partial charge >= 0.3 is 0 Å².